The molecule has 1 heterocycles. The molecule has 1 atom stereocenters. The van der Waals surface area contributed by atoms with Crippen LogP contribution in [-0.4, -0.2) is 13.7 Å². The Labute approximate surface area is 133 Å². The number of hydrogen-bond acceptors (Lipinski definition) is 2. The van der Waals surface area contributed by atoms with Crippen LogP contribution in [0.4, 0.5) is 0 Å². The zero-order valence-corrected chi connectivity index (χ0v) is 13.9. The second-order valence-electron chi connectivity index (χ2n) is 7.08. The van der Waals surface area contributed by atoms with Crippen LogP contribution < -0.4 is 10.1 Å². The molecular weight excluding hydrogens is 270 g/mol. The Morgan fingerprint density at radius 1 is 1.09 bits per heavy atom. The monoisotopic (exact) mass is 295 g/mol. The molecule has 2 nitrogen and oxygen atoms in total. The molecular formula is C20H25NO. The lowest BCUT2D eigenvalue weighted by Gasteiger charge is -2.30. The number of fused-ring (bicyclic) bond motifs is 1. The van der Waals surface area contributed by atoms with Gasteiger partial charge in [-0.15, -0.1) is 0 Å². The van der Waals surface area contributed by atoms with Gasteiger partial charge in [-0.3, -0.25) is 0 Å². The van der Waals surface area contributed by atoms with E-state index in [1.807, 2.05) is 6.07 Å². The van der Waals surface area contributed by atoms with E-state index >= 15 is 0 Å². The van der Waals surface area contributed by atoms with Gasteiger partial charge in [0.15, 0.2) is 0 Å². The molecule has 2 aromatic carbocycles. The summed E-state index contributed by atoms with van der Waals surface area (Å²) in [4.78, 5) is 0. The summed E-state index contributed by atoms with van der Waals surface area (Å²) >= 11 is 0. The molecule has 1 unspecified atom stereocenters. The lowest BCUT2D eigenvalue weighted by molar-refractivity contribution is 0.413. The van der Waals surface area contributed by atoms with Crippen LogP contribution in [0.1, 0.15) is 49.1 Å². The van der Waals surface area contributed by atoms with Gasteiger partial charge in [0.1, 0.15) is 5.75 Å². The first kappa shape index (κ1) is 15.1. The number of rotatable bonds is 2. The molecule has 0 saturated heterocycles. The molecule has 1 N–H and O–H groups in total. The molecule has 0 bridgehead atoms. The molecule has 2 heteroatoms. The van der Waals surface area contributed by atoms with Crippen molar-refractivity contribution in [1.82, 2.24) is 5.32 Å². The van der Waals surface area contributed by atoms with Gasteiger partial charge in [0.05, 0.1) is 13.2 Å². The first-order valence-electron chi connectivity index (χ1n) is 7.99. The first-order chi connectivity index (χ1) is 10.5. The first-order valence-corrected chi connectivity index (χ1v) is 7.99. The van der Waals surface area contributed by atoms with Crippen LogP contribution in [0.3, 0.4) is 0 Å². The summed E-state index contributed by atoms with van der Waals surface area (Å²) < 4.78 is 5.38. The standard InChI is InChI=1S/C20H25NO/c1-20(2,3)16-9-8-14-10-11-21-19(18(14)13-16)15-6-5-7-17(12-15)22-4/h5-9,12-13,19,21H,10-11H2,1-4H3. The summed E-state index contributed by atoms with van der Waals surface area (Å²) in [7, 11) is 1.72. The molecule has 3 rings (SSSR count). The normalized spacial score (nSPS) is 17.9. The predicted molar refractivity (Wildman–Crippen MR) is 91.7 cm³/mol. The Morgan fingerprint density at radius 2 is 1.91 bits per heavy atom. The highest BCUT2D eigenvalue weighted by molar-refractivity contribution is 5.44. The maximum absolute atomic E-state index is 5.38. The van der Waals surface area contributed by atoms with Crippen LogP contribution >= 0.6 is 0 Å². The van der Waals surface area contributed by atoms with E-state index < -0.39 is 0 Å². The number of methoxy groups -OCH3 is 1. The van der Waals surface area contributed by atoms with Crippen molar-refractivity contribution in [2.75, 3.05) is 13.7 Å². The second-order valence-corrected chi connectivity index (χ2v) is 7.08. The molecule has 0 aromatic heterocycles. The van der Waals surface area contributed by atoms with E-state index in [-0.39, 0.29) is 11.5 Å². The summed E-state index contributed by atoms with van der Waals surface area (Å²) in [6, 6.07) is 15.6. The minimum atomic E-state index is 0.172. The van der Waals surface area contributed by atoms with Gasteiger partial charge < -0.3 is 10.1 Å². The molecule has 1 aliphatic heterocycles. The predicted octanol–water partition coefficient (Wildman–Crippen LogP) is 4.23. The lowest BCUT2D eigenvalue weighted by atomic mass is 9.81. The Kier molecular flexibility index (Phi) is 3.96. The molecule has 0 fully saturated rings. The van der Waals surface area contributed by atoms with Crippen LogP contribution in [0.15, 0.2) is 42.5 Å². The van der Waals surface area contributed by atoms with Crippen molar-refractivity contribution in [2.45, 2.75) is 38.6 Å². The molecule has 0 saturated carbocycles. The van der Waals surface area contributed by atoms with Crippen molar-refractivity contribution in [3.8, 4) is 5.75 Å². The van der Waals surface area contributed by atoms with E-state index in [0.717, 1.165) is 18.7 Å². The third kappa shape index (κ3) is 2.89. The molecule has 0 spiro atoms. The van der Waals surface area contributed by atoms with Crippen LogP contribution in [0.5, 0.6) is 5.75 Å². The Balaban J connectivity index is 2.06. The number of nitrogens with one attached hydrogen (secondary N) is 1. The Hall–Kier alpha value is -1.80. The highest BCUT2D eigenvalue weighted by atomic mass is 16.5. The summed E-state index contributed by atoms with van der Waals surface area (Å²) in [5.74, 6) is 0.915. The molecule has 22 heavy (non-hydrogen) atoms. The SMILES string of the molecule is COc1cccc(C2NCCc3ccc(C(C)(C)C)cc32)c1. The van der Waals surface area contributed by atoms with E-state index in [9.17, 15) is 0 Å². The number of benzene rings is 2. The van der Waals surface area contributed by atoms with Crippen LogP contribution in [-0.2, 0) is 11.8 Å². The van der Waals surface area contributed by atoms with Crippen molar-refractivity contribution in [3.63, 3.8) is 0 Å². The van der Waals surface area contributed by atoms with Crippen molar-refractivity contribution >= 4 is 0 Å². The minimum absolute atomic E-state index is 0.172. The van der Waals surface area contributed by atoms with Crippen LogP contribution in [0.2, 0.25) is 0 Å². The topological polar surface area (TPSA) is 21.3 Å². The van der Waals surface area contributed by atoms with E-state index in [1.54, 1.807) is 7.11 Å². The fourth-order valence-corrected chi connectivity index (χ4v) is 3.14. The zero-order valence-electron chi connectivity index (χ0n) is 13.9. The summed E-state index contributed by atoms with van der Waals surface area (Å²) in [5, 5.41) is 3.67. The van der Waals surface area contributed by atoms with Gasteiger partial charge in [-0.25, -0.2) is 0 Å². The van der Waals surface area contributed by atoms with E-state index in [0.29, 0.717) is 0 Å². The average molecular weight is 295 g/mol. The minimum Gasteiger partial charge on any atom is -0.497 e. The largest absolute Gasteiger partial charge is 0.497 e. The molecule has 0 amide bonds. The molecule has 0 aliphatic carbocycles. The van der Waals surface area contributed by atoms with Gasteiger partial charge in [0.25, 0.3) is 0 Å². The third-order valence-corrected chi connectivity index (χ3v) is 4.49. The van der Waals surface area contributed by atoms with E-state index in [1.165, 1.54) is 22.3 Å². The zero-order chi connectivity index (χ0) is 15.7. The van der Waals surface area contributed by atoms with Gasteiger partial charge in [0.2, 0.25) is 0 Å². The van der Waals surface area contributed by atoms with Crippen molar-refractivity contribution in [3.05, 3.63) is 64.7 Å². The van der Waals surface area contributed by atoms with Gasteiger partial charge in [0, 0.05) is 6.54 Å². The van der Waals surface area contributed by atoms with Crippen LogP contribution in [0.25, 0.3) is 0 Å². The fourth-order valence-electron chi connectivity index (χ4n) is 3.14. The van der Waals surface area contributed by atoms with Crippen molar-refractivity contribution in [2.24, 2.45) is 0 Å². The maximum atomic E-state index is 5.38. The summed E-state index contributed by atoms with van der Waals surface area (Å²) in [6.07, 6.45) is 1.10. The third-order valence-electron chi connectivity index (χ3n) is 4.49. The van der Waals surface area contributed by atoms with Crippen molar-refractivity contribution in [1.29, 1.82) is 0 Å². The smallest absolute Gasteiger partial charge is 0.119 e. The van der Waals surface area contributed by atoms with Gasteiger partial charge in [-0.1, -0.05) is 51.1 Å². The van der Waals surface area contributed by atoms with Gasteiger partial charge in [-0.2, -0.15) is 0 Å². The van der Waals surface area contributed by atoms with Crippen LogP contribution in [0, 0.1) is 0 Å². The molecule has 0 radical (unpaired) electrons. The molecule has 1 aliphatic rings. The number of hydrogen-bond donors (Lipinski definition) is 1. The summed E-state index contributed by atoms with van der Waals surface area (Å²) in [6.45, 7) is 7.83. The highest BCUT2D eigenvalue weighted by Gasteiger charge is 2.24. The van der Waals surface area contributed by atoms with E-state index in [4.69, 9.17) is 4.74 Å². The van der Waals surface area contributed by atoms with E-state index in [2.05, 4.69) is 62.5 Å². The fraction of sp³-hybridized carbons (Fsp3) is 0.400. The average Bonchev–Trinajstić information content (AvgIpc) is 2.53. The maximum Gasteiger partial charge on any atom is 0.119 e. The molecule has 2 aromatic rings. The summed E-state index contributed by atoms with van der Waals surface area (Å²) in [5.41, 5.74) is 5.70. The van der Waals surface area contributed by atoms with Crippen molar-refractivity contribution < 1.29 is 4.74 Å². The quantitative estimate of drug-likeness (QED) is 0.895. The second kappa shape index (κ2) is 5.77. The Morgan fingerprint density at radius 3 is 2.64 bits per heavy atom. The lowest BCUT2D eigenvalue weighted by Crippen LogP contribution is -2.31. The molecule has 116 valence electrons. The highest BCUT2D eigenvalue weighted by Crippen LogP contribution is 2.33. The number of ether oxygens (including phenoxy) is 1. The Bertz CT molecular complexity index is 670. The van der Waals surface area contributed by atoms with Gasteiger partial charge in [-0.05, 0) is 46.2 Å². The van der Waals surface area contributed by atoms with Gasteiger partial charge >= 0.3 is 0 Å².